The number of hydrogen-bond donors (Lipinski definition) is 1. The maximum absolute atomic E-state index is 13.0. The Hall–Kier alpha value is -3.13. The molecule has 1 aromatic heterocycles. The van der Waals surface area contributed by atoms with Gasteiger partial charge < -0.3 is 15.0 Å². The monoisotopic (exact) mass is 536 g/mol. The summed E-state index contributed by atoms with van der Waals surface area (Å²) < 4.78 is 31.6. The van der Waals surface area contributed by atoms with Crippen molar-refractivity contribution in [1.29, 1.82) is 0 Å². The molecule has 1 N–H and O–H groups in total. The first-order chi connectivity index (χ1) is 18.3. The van der Waals surface area contributed by atoms with Crippen LogP contribution in [0.2, 0.25) is 0 Å². The molecular weight excluding hydrogens is 496 g/mol. The highest BCUT2D eigenvalue weighted by atomic mass is 32.2. The van der Waals surface area contributed by atoms with E-state index in [9.17, 15) is 8.42 Å². The standard InChI is InChI=1S/C30H40N4O3S/c1-4-5-20-37-27-12-14-28(15-13-27)38(35,36)21-17-25-7-6-18-34(19-16-25)30-31-24(3)22-29(33-30)32-26-10-8-23(2)9-11-26/h8-15,22,25H,4-7,16-21H2,1-3H3,(H,31,32,33). The summed E-state index contributed by atoms with van der Waals surface area (Å²) in [4.78, 5) is 12.1. The van der Waals surface area contributed by atoms with Crippen molar-refractivity contribution in [2.45, 2.75) is 64.2 Å². The van der Waals surface area contributed by atoms with Gasteiger partial charge in [-0.3, -0.25) is 0 Å². The second kappa shape index (κ2) is 13.1. The molecule has 1 aliphatic rings. The van der Waals surface area contributed by atoms with E-state index in [0.29, 0.717) is 23.8 Å². The summed E-state index contributed by atoms with van der Waals surface area (Å²) in [7, 11) is -3.33. The van der Waals surface area contributed by atoms with Crippen molar-refractivity contribution in [3.8, 4) is 5.75 Å². The molecule has 38 heavy (non-hydrogen) atoms. The molecule has 0 spiro atoms. The van der Waals surface area contributed by atoms with Gasteiger partial charge in [-0.15, -0.1) is 0 Å². The Morgan fingerprint density at radius 2 is 1.76 bits per heavy atom. The van der Waals surface area contributed by atoms with Gasteiger partial charge in [0.2, 0.25) is 5.95 Å². The second-order valence-electron chi connectivity index (χ2n) is 10.3. The van der Waals surface area contributed by atoms with Gasteiger partial charge in [0.05, 0.1) is 17.3 Å². The van der Waals surface area contributed by atoms with Crippen LogP contribution in [0, 0.1) is 19.8 Å². The maximum Gasteiger partial charge on any atom is 0.227 e. The van der Waals surface area contributed by atoms with Crippen LogP contribution in [-0.4, -0.2) is 43.8 Å². The van der Waals surface area contributed by atoms with Crippen LogP contribution in [-0.2, 0) is 9.84 Å². The van der Waals surface area contributed by atoms with Crippen LogP contribution in [0.3, 0.4) is 0 Å². The second-order valence-corrected chi connectivity index (χ2v) is 12.4. The predicted octanol–water partition coefficient (Wildman–Crippen LogP) is 6.49. The number of nitrogens with zero attached hydrogens (tertiary/aromatic N) is 3. The Balaban J connectivity index is 1.32. The molecule has 0 radical (unpaired) electrons. The van der Waals surface area contributed by atoms with Crippen molar-refractivity contribution in [1.82, 2.24) is 9.97 Å². The van der Waals surface area contributed by atoms with Gasteiger partial charge in [-0.25, -0.2) is 13.4 Å². The fraction of sp³-hybridized carbons (Fsp3) is 0.467. The fourth-order valence-corrected chi connectivity index (χ4v) is 6.14. The lowest BCUT2D eigenvalue weighted by Gasteiger charge is -2.22. The maximum atomic E-state index is 13.0. The van der Waals surface area contributed by atoms with Gasteiger partial charge in [-0.1, -0.05) is 31.0 Å². The Morgan fingerprint density at radius 3 is 2.50 bits per heavy atom. The number of anilines is 3. The minimum absolute atomic E-state index is 0.166. The molecule has 2 aromatic carbocycles. The normalized spacial score (nSPS) is 16.2. The number of nitrogens with one attached hydrogen (secondary N) is 1. The SMILES string of the molecule is CCCCOc1ccc(S(=O)(=O)CCC2CCCN(c3nc(C)cc(Nc4ccc(C)cc4)n3)CC2)cc1. The number of hydrogen-bond acceptors (Lipinski definition) is 7. The van der Waals surface area contributed by atoms with Crippen molar-refractivity contribution in [3.63, 3.8) is 0 Å². The molecule has 0 saturated carbocycles. The zero-order chi connectivity index (χ0) is 27.0. The van der Waals surface area contributed by atoms with Crippen LogP contribution < -0.4 is 15.0 Å². The molecule has 204 valence electrons. The quantitative estimate of drug-likeness (QED) is 0.281. The highest BCUT2D eigenvalue weighted by Crippen LogP contribution is 2.27. The summed E-state index contributed by atoms with van der Waals surface area (Å²) >= 11 is 0. The minimum atomic E-state index is -3.33. The van der Waals surface area contributed by atoms with Gasteiger partial charge >= 0.3 is 0 Å². The number of aryl methyl sites for hydroxylation is 2. The molecule has 8 heteroatoms. The van der Waals surface area contributed by atoms with Crippen LogP contribution in [0.25, 0.3) is 0 Å². The van der Waals surface area contributed by atoms with Crippen LogP contribution in [0.15, 0.2) is 59.5 Å². The van der Waals surface area contributed by atoms with E-state index < -0.39 is 9.84 Å². The first-order valence-electron chi connectivity index (χ1n) is 13.7. The third-order valence-corrected chi connectivity index (χ3v) is 8.80. The van der Waals surface area contributed by atoms with E-state index in [1.54, 1.807) is 24.3 Å². The average molecular weight is 537 g/mol. The van der Waals surface area contributed by atoms with Crippen LogP contribution in [0.1, 0.15) is 56.7 Å². The average Bonchev–Trinajstić information content (AvgIpc) is 3.15. The van der Waals surface area contributed by atoms with Gasteiger partial charge in [0.15, 0.2) is 9.84 Å². The summed E-state index contributed by atoms with van der Waals surface area (Å²) in [6, 6.07) is 17.1. The van der Waals surface area contributed by atoms with Gasteiger partial charge in [-0.05, 0) is 88.3 Å². The van der Waals surface area contributed by atoms with Crippen molar-refractivity contribution >= 4 is 27.3 Å². The van der Waals surface area contributed by atoms with Crippen LogP contribution in [0.5, 0.6) is 5.75 Å². The van der Waals surface area contributed by atoms with E-state index in [0.717, 1.165) is 74.1 Å². The Labute approximate surface area is 227 Å². The number of benzene rings is 2. The lowest BCUT2D eigenvalue weighted by atomic mass is 9.98. The molecule has 7 nitrogen and oxygen atoms in total. The molecule has 1 saturated heterocycles. The third-order valence-electron chi connectivity index (χ3n) is 7.04. The van der Waals surface area contributed by atoms with E-state index >= 15 is 0 Å². The lowest BCUT2D eigenvalue weighted by Crippen LogP contribution is -2.27. The first kappa shape index (κ1) is 27.9. The highest BCUT2D eigenvalue weighted by Gasteiger charge is 2.22. The van der Waals surface area contributed by atoms with Crippen LogP contribution >= 0.6 is 0 Å². The van der Waals surface area contributed by atoms with Crippen molar-refractivity contribution in [3.05, 3.63) is 65.9 Å². The minimum Gasteiger partial charge on any atom is -0.494 e. The summed E-state index contributed by atoms with van der Waals surface area (Å²) in [6.45, 7) is 8.52. The van der Waals surface area contributed by atoms with E-state index in [1.807, 2.05) is 25.1 Å². The van der Waals surface area contributed by atoms with E-state index in [-0.39, 0.29) is 5.75 Å². The molecule has 2 heterocycles. The molecular formula is C30H40N4O3S. The van der Waals surface area contributed by atoms with Crippen molar-refractivity contribution in [2.75, 3.05) is 35.7 Å². The largest absolute Gasteiger partial charge is 0.494 e. The highest BCUT2D eigenvalue weighted by molar-refractivity contribution is 7.91. The summed E-state index contributed by atoms with van der Waals surface area (Å²) in [5.74, 6) is 2.76. The molecule has 0 aliphatic carbocycles. The molecule has 1 fully saturated rings. The van der Waals surface area contributed by atoms with E-state index in [1.165, 1.54) is 5.56 Å². The zero-order valence-electron chi connectivity index (χ0n) is 22.8. The Morgan fingerprint density at radius 1 is 1.00 bits per heavy atom. The number of unbranched alkanes of at least 4 members (excludes halogenated alkanes) is 1. The number of rotatable bonds is 11. The summed E-state index contributed by atoms with van der Waals surface area (Å²) in [6.07, 6.45) is 5.65. The topological polar surface area (TPSA) is 84.4 Å². The van der Waals surface area contributed by atoms with Gasteiger partial charge in [-0.2, -0.15) is 4.98 Å². The summed E-state index contributed by atoms with van der Waals surface area (Å²) in [5, 5.41) is 3.39. The molecule has 3 aromatic rings. The lowest BCUT2D eigenvalue weighted by molar-refractivity contribution is 0.309. The molecule has 4 rings (SSSR count). The zero-order valence-corrected chi connectivity index (χ0v) is 23.6. The summed E-state index contributed by atoms with van der Waals surface area (Å²) in [5.41, 5.74) is 3.13. The Bertz CT molecular complexity index is 1280. The van der Waals surface area contributed by atoms with Crippen LogP contribution in [0.4, 0.5) is 17.5 Å². The van der Waals surface area contributed by atoms with Crippen molar-refractivity contribution in [2.24, 2.45) is 5.92 Å². The van der Waals surface area contributed by atoms with Gasteiger partial charge in [0.1, 0.15) is 11.6 Å². The molecule has 1 atom stereocenters. The van der Waals surface area contributed by atoms with Gasteiger partial charge in [0, 0.05) is 30.5 Å². The van der Waals surface area contributed by atoms with Gasteiger partial charge in [0.25, 0.3) is 0 Å². The van der Waals surface area contributed by atoms with E-state index in [4.69, 9.17) is 14.7 Å². The smallest absolute Gasteiger partial charge is 0.227 e. The number of ether oxygens (including phenoxy) is 1. The predicted molar refractivity (Wildman–Crippen MR) is 154 cm³/mol. The number of aromatic nitrogens is 2. The Kier molecular flexibility index (Phi) is 9.61. The molecule has 1 unspecified atom stereocenters. The molecule has 1 aliphatic heterocycles. The fourth-order valence-electron chi connectivity index (χ4n) is 4.71. The molecule has 0 bridgehead atoms. The number of sulfone groups is 1. The third kappa shape index (κ3) is 7.93. The first-order valence-corrected chi connectivity index (χ1v) is 15.4. The molecule has 0 amide bonds. The van der Waals surface area contributed by atoms with Crippen molar-refractivity contribution < 1.29 is 13.2 Å². The van der Waals surface area contributed by atoms with E-state index in [2.05, 4.69) is 36.2 Å².